The van der Waals surface area contributed by atoms with Crippen molar-refractivity contribution >= 4 is 48.1 Å². The van der Waals surface area contributed by atoms with E-state index in [1.165, 1.54) is 0 Å². The number of hydrogen-bond donors (Lipinski definition) is 3. The van der Waals surface area contributed by atoms with Gasteiger partial charge in [0.05, 0.1) is 36.1 Å². The molecule has 1 aromatic heterocycles. The number of halogens is 2. The first-order chi connectivity index (χ1) is 22.9. The molecule has 0 spiro atoms. The van der Waals surface area contributed by atoms with Crippen LogP contribution in [-0.2, 0) is 20.7 Å². The smallest absolute Gasteiger partial charge is 0.208 e. The lowest BCUT2D eigenvalue weighted by Gasteiger charge is -2.30. The Morgan fingerprint density at radius 1 is 1.40 bits per heavy atom. The molecule has 3 aliphatic rings. The van der Waals surface area contributed by atoms with Gasteiger partial charge in [0.15, 0.2) is 5.82 Å². The van der Waals surface area contributed by atoms with Crippen LogP contribution in [0, 0.1) is 27.7 Å². The second-order valence-corrected chi connectivity index (χ2v) is 13.0. The lowest BCUT2D eigenvalue weighted by Crippen LogP contribution is -2.40. The third-order valence-electron chi connectivity index (χ3n) is 9.68. The predicted octanol–water partition coefficient (Wildman–Crippen LogP) is 4.31. The predicted molar refractivity (Wildman–Crippen MR) is 182 cm³/mol. The largest absolute Gasteiger partial charge is 0.385 e. The molecule has 1 aromatic carbocycles. The lowest BCUT2D eigenvalue weighted by atomic mass is 9.99. The van der Waals surface area contributed by atoms with Crippen molar-refractivity contribution in [1.29, 1.82) is 0 Å². The minimum atomic E-state index is -0.580. The Bertz CT molecular complexity index is 1710. The topological polar surface area (TPSA) is 125 Å². The average Bonchev–Trinajstić information content (AvgIpc) is 3.62. The zero-order valence-corrected chi connectivity index (χ0v) is 28.3. The summed E-state index contributed by atoms with van der Waals surface area (Å²) < 4.78 is 28.6. The number of methoxy groups -OCH3 is 1. The van der Waals surface area contributed by atoms with Crippen LogP contribution in [-0.4, -0.2) is 75.9 Å². The third-order valence-corrected chi connectivity index (χ3v) is 10.0. The number of nitrogens with zero attached hydrogens (tertiary/aromatic N) is 5. The molecule has 2 fully saturated rings. The number of carbonyl (C=O) groups is 1. The lowest BCUT2D eigenvalue weighted by molar-refractivity contribution is -0.110. The van der Waals surface area contributed by atoms with E-state index in [4.69, 9.17) is 26.1 Å². The molecule has 3 heterocycles. The number of aliphatic imine (C=N–C) groups is 1. The van der Waals surface area contributed by atoms with Crippen LogP contribution in [0.15, 0.2) is 27.5 Å². The van der Waals surface area contributed by atoms with Crippen molar-refractivity contribution in [1.82, 2.24) is 20.5 Å². The van der Waals surface area contributed by atoms with Crippen LogP contribution in [0.5, 0.6) is 0 Å². The number of rotatable bonds is 17. The van der Waals surface area contributed by atoms with E-state index in [1.54, 1.807) is 25.6 Å². The number of carbonyl (C=O) groups excluding carboxylic acids is 1. The SMILES string of the molecule is C=N/C(=c1/cn/c(=c2\c(CCCCOC)c(Cl)cc3c2=CN=N3)c(F)c1NCOCC12CCCNCC1C2)N(CNC=O)C(C)CC. The molecule has 3 unspecified atom stereocenters. The summed E-state index contributed by atoms with van der Waals surface area (Å²) in [5.74, 6) is 0.421. The van der Waals surface area contributed by atoms with E-state index < -0.39 is 5.82 Å². The van der Waals surface area contributed by atoms with Crippen LogP contribution < -0.4 is 26.4 Å². The van der Waals surface area contributed by atoms with Gasteiger partial charge in [0.25, 0.3) is 0 Å². The number of pyridine rings is 1. The summed E-state index contributed by atoms with van der Waals surface area (Å²) >= 11 is 6.81. The van der Waals surface area contributed by atoms with Gasteiger partial charge in [-0.1, -0.05) is 18.5 Å². The van der Waals surface area contributed by atoms with E-state index >= 15 is 4.39 Å². The van der Waals surface area contributed by atoms with Gasteiger partial charge < -0.3 is 30.3 Å². The van der Waals surface area contributed by atoms with Crippen LogP contribution >= 0.6 is 11.6 Å². The quantitative estimate of drug-likeness (QED) is 0.0993. The van der Waals surface area contributed by atoms with E-state index in [-0.39, 0.29) is 35.9 Å². The maximum absolute atomic E-state index is 17.2. The number of azo groups is 1. The van der Waals surface area contributed by atoms with Crippen molar-refractivity contribution in [3.8, 4) is 0 Å². The second kappa shape index (κ2) is 16.1. The second-order valence-electron chi connectivity index (χ2n) is 12.6. The van der Waals surface area contributed by atoms with Crippen molar-refractivity contribution < 1.29 is 18.7 Å². The fraction of sp³-hybridized carbons (Fsp3) is 0.559. The first-order valence-corrected chi connectivity index (χ1v) is 16.8. The normalized spacial score (nSPS) is 21.5. The zero-order valence-electron chi connectivity index (χ0n) is 27.6. The van der Waals surface area contributed by atoms with Crippen molar-refractivity contribution in [2.24, 2.45) is 26.6 Å². The van der Waals surface area contributed by atoms with Crippen molar-refractivity contribution in [3.63, 3.8) is 0 Å². The molecule has 1 saturated heterocycles. The first-order valence-electron chi connectivity index (χ1n) is 16.5. The fourth-order valence-electron chi connectivity index (χ4n) is 6.74. The highest BCUT2D eigenvalue weighted by Crippen LogP contribution is 2.56. The number of aromatic nitrogens is 1. The van der Waals surface area contributed by atoms with Gasteiger partial charge in [-0.3, -0.25) is 9.78 Å². The van der Waals surface area contributed by atoms with Crippen LogP contribution in [0.1, 0.15) is 57.9 Å². The summed E-state index contributed by atoms with van der Waals surface area (Å²) in [6.07, 6.45) is 10.2. The molecule has 5 rings (SSSR count). The summed E-state index contributed by atoms with van der Waals surface area (Å²) in [6, 6.07) is 1.72. The Labute approximate surface area is 280 Å². The maximum Gasteiger partial charge on any atom is 0.208 e. The summed E-state index contributed by atoms with van der Waals surface area (Å²) in [6.45, 7) is 11.4. The minimum Gasteiger partial charge on any atom is -0.385 e. The molecule has 3 atom stereocenters. The number of fused-ring (bicyclic) bond motifs is 2. The van der Waals surface area contributed by atoms with Gasteiger partial charge in [0, 0.05) is 41.4 Å². The van der Waals surface area contributed by atoms with E-state index in [0.29, 0.717) is 64.1 Å². The fourth-order valence-corrected chi connectivity index (χ4v) is 7.04. The summed E-state index contributed by atoms with van der Waals surface area (Å²) in [7, 11) is 1.67. The number of nitrogens with one attached hydrogen (secondary N) is 3. The third kappa shape index (κ3) is 7.66. The van der Waals surface area contributed by atoms with Gasteiger partial charge in [-0.2, -0.15) is 10.2 Å². The van der Waals surface area contributed by atoms with E-state index in [9.17, 15) is 4.79 Å². The molecular formula is C34H46ClFN8O3. The molecule has 0 bridgehead atoms. The van der Waals surface area contributed by atoms with Crippen LogP contribution in [0.2, 0.25) is 5.02 Å². The van der Waals surface area contributed by atoms with Gasteiger partial charge in [-0.25, -0.2) is 9.38 Å². The Kier molecular flexibility index (Phi) is 11.9. The zero-order chi connectivity index (χ0) is 33.4. The van der Waals surface area contributed by atoms with Crippen LogP contribution in [0.25, 0.3) is 12.0 Å². The summed E-state index contributed by atoms with van der Waals surface area (Å²) in [5.41, 5.74) is 1.70. The van der Waals surface area contributed by atoms with Crippen molar-refractivity contribution in [3.05, 3.63) is 49.7 Å². The highest BCUT2D eigenvalue weighted by Gasteiger charge is 2.53. The number of unbranched alkanes of at least 4 members (excludes halogenated alkanes) is 1. The molecule has 1 aliphatic carbocycles. The van der Waals surface area contributed by atoms with E-state index in [0.717, 1.165) is 57.2 Å². The van der Waals surface area contributed by atoms with Gasteiger partial charge in [0.2, 0.25) is 6.41 Å². The van der Waals surface area contributed by atoms with Gasteiger partial charge in [0.1, 0.15) is 17.9 Å². The highest BCUT2D eigenvalue weighted by atomic mass is 35.5. The molecule has 0 radical (unpaired) electrons. The van der Waals surface area contributed by atoms with Crippen LogP contribution in [0.3, 0.4) is 0 Å². The Hall–Kier alpha value is -3.45. The minimum absolute atomic E-state index is 0.0442. The number of benzene rings is 1. The Morgan fingerprint density at radius 3 is 3.02 bits per heavy atom. The van der Waals surface area contributed by atoms with Gasteiger partial charge >= 0.3 is 0 Å². The number of hydrogen-bond acceptors (Lipinski definition) is 10. The molecule has 2 aliphatic heterocycles. The molecule has 11 nitrogen and oxygen atoms in total. The van der Waals surface area contributed by atoms with Crippen molar-refractivity contribution in [2.75, 3.05) is 52.1 Å². The van der Waals surface area contributed by atoms with Gasteiger partial charge in [-0.05, 0) is 94.6 Å². The van der Waals surface area contributed by atoms with E-state index in [1.807, 2.05) is 18.7 Å². The highest BCUT2D eigenvalue weighted by molar-refractivity contribution is 6.31. The molecular weight excluding hydrogens is 623 g/mol. The first kappa shape index (κ1) is 34.9. The maximum atomic E-state index is 17.2. The molecule has 47 heavy (non-hydrogen) atoms. The summed E-state index contributed by atoms with van der Waals surface area (Å²) in [5, 5.41) is 20.0. The van der Waals surface area contributed by atoms with E-state index in [2.05, 4.69) is 37.9 Å². The molecule has 13 heteroatoms. The number of anilines is 1. The monoisotopic (exact) mass is 668 g/mol. The molecule has 1 saturated carbocycles. The number of ether oxygens (including phenoxy) is 2. The Morgan fingerprint density at radius 2 is 2.26 bits per heavy atom. The molecule has 1 amide bonds. The average molecular weight is 669 g/mol. The molecule has 254 valence electrons. The number of amides is 1. The molecule has 2 aromatic rings. The van der Waals surface area contributed by atoms with Crippen molar-refractivity contribution in [2.45, 2.75) is 64.8 Å². The molecule has 3 N–H and O–H groups in total. The standard InChI is InChI=1S/C34H46ClFN8O3/c1-5-22(2)44(19-39-20-45)33(37-3)26-16-40-32(29-24(9-6-7-12-46-4)27(35)13-28-25(29)17-42-43-28)30(36)31(26)41-21-47-18-34-10-8-11-38-15-23(34)14-34/h13,16-17,20,22-23,38,41H,3,5-12,14-15,18-19,21H2,1-2,4H3,(H,39,45)/b32-29+,33-26+. The summed E-state index contributed by atoms with van der Waals surface area (Å²) in [4.78, 5) is 22.2. The van der Waals surface area contributed by atoms with Crippen LogP contribution in [0.4, 0.5) is 15.8 Å². The van der Waals surface area contributed by atoms with Gasteiger partial charge in [-0.15, -0.1) is 0 Å². The Balaban J connectivity index is 1.65.